The van der Waals surface area contributed by atoms with Crippen molar-refractivity contribution in [3.8, 4) is 0 Å². The van der Waals surface area contributed by atoms with Gasteiger partial charge in [-0.05, 0) is 43.2 Å². The Kier molecular flexibility index (Phi) is 6.00. The van der Waals surface area contributed by atoms with E-state index >= 15 is 0 Å². The van der Waals surface area contributed by atoms with Crippen molar-refractivity contribution in [3.63, 3.8) is 0 Å². The predicted molar refractivity (Wildman–Crippen MR) is 100 cm³/mol. The smallest absolute Gasteiger partial charge is 0.227 e. The second kappa shape index (κ2) is 8.82. The molecule has 0 saturated carbocycles. The molecule has 2 aliphatic rings. The molecule has 1 atom stereocenters. The summed E-state index contributed by atoms with van der Waals surface area (Å²) in [6.07, 6.45) is 4.61. The number of piperidine rings is 1. The van der Waals surface area contributed by atoms with Crippen molar-refractivity contribution >= 4 is 5.91 Å². The molecule has 0 N–H and O–H groups in total. The lowest BCUT2D eigenvalue weighted by Crippen LogP contribution is -2.41. The van der Waals surface area contributed by atoms with Crippen LogP contribution in [0.1, 0.15) is 48.9 Å². The average Bonchev–Trinajstić information content (AvgIpc) is 3.19. The summed E-state index contributed by atoms with van der Waals surface area (Å²) < 4.78 is 24.7. The van der Waals surface area contributed by atoms with Crippen molar-refractivity contribution in [2.45, 2.75) is 44.4 Å². The molecule has 3 heterocycles. The quantitative estimate of drug-likeness (QED) is 0.788. The van der Waals surface area contributed by atoms with Crippen LogP contribution in [0.4, 0.5) is 4.39 Å². The van der Waals surface area contributed by atoms with Crippen LogP contribution in [0.5, 0.6) is 0 Å². The molecule has 6 nitrogen and oxygen atoms in total. The van der Waals surface area contributed by atoms with E-state index < -0.39 is 0 Å². The van der Waals surface area contributed by atoms with E-state index in [9.17, 15) is 9.18 Å². The number of nitrogens with zero attached hydrogens (tertiary/aromatic N) is 3. The number of hydrogen-bond acceptors (Lipinski definition) is 5. The van der Waals surface area contributed by atoms with E-state index in [1.54, 1.807) is 18.2 Å². The van der Waals surface area contributed by atoms with Crippen LogP contribution in [-0.2, 0) is 22.4 Å². The number of carbonyl (C=O) groups is 1. The van der Waals surface area contributed by atoms with Gasteiger partial charge in [-0.3, -0.25) is 4.79 Å². The summed E-state index contributed by atoms with van der Waals surface area (Å²) in [5, 5.41) is 4.16. The minimum absolute atomic E-state index is 0.0248. The summed E-state index contributed by atoms with van der Waals surface area (Å²) in [6, 6.07) is 6.47. The number of rotatable bonds is 5. The zero-order chi connectivity index (χ0) is 19.3. The summed E-state index contributed by atoms with van der Waals surface area (Å²) >= 11 is 0. The first kappa shape index (κ1) is 19.1. The van der Waals surface area contributed by atoms with E-state index in [1.165, 1.54) is 6.07 Å². The molecule has 1 aromatic carbocycles. The molecular formula is C21H26FN3O3. The maximum Gasteiger partial charge on any atom is 0.227 e. The van der Waals surface area contributed by atoms with Crippen molar-refractivity contribution < 1.29 is 18.4 Å². The fraction of sp³-hybridized carbons (Fsp3) is 0.571. The highest BCUT2D eigenvalue weighted by Crippen LogP contribution is 2.26. The number of carbonyl (C=O) groups excluding carboxylic acids is 1. The van der Waals surface area contributed by atoms with Gasteiger partial charge in [-0.2, -0.15) is 4.98 Å². The monoisotopic (exact) mass is 387 g/mol. The lowest BCUT2D eigenvalue weighted by Gasteiger charge is -2.32. The van der Waals surface area contributed by atoms with Gasteiger partial charge >= 0.3 is 0 Å². The second-order valence-electron chi connectivity index (χ2n) is 7.75. The average molecular weight is 387 g/mol. The van der Waals surface area contributed by atoms with E-state index in [1.807, 2.05) is 4.90 Å². The predicted octanol–water partition coefficient (Wildman–Crippen LogP) is 3.13. The third-order valence-corrected chi connectivity index (χ3v) is 5.70. The molecule has 2 saturated heterocycles. The molecule has 4 rings (SSSR count). The third kappa shape index (κ3) is 4.58. The van der Waals surface area contributed by atoms with Crippen LogP contribution in [0.2, 0.25) is 0 Å². The van der Waals surface area contributed by atoms with Crippen LogP contribution < -0.4 is 0 Å². The first-order chi connectivity index (χ1) is 13.7. The fourth-order valence-corrected chi connectivity index (χ4v) is 4.09. The van der Waals surface area contributed by atoms with Gasteiger partial charge in [0.2, 0.25) is 11.8 Å². The molecule has 2 aliphatic heterocycles. The molecule has 7 heteroatoms. The van der Waals surface area contributed by atoms with E-state index in [2.05, 4.69) is 10.1 Å². The van der Waals surface area contributed by atoms with Gasteiger partial charge in [-0.15, -0.1) is 0 Å². The molecule has 1 aromatic heterocycles. The van der Waals surface area contributed by atoms with Crippen LogP contribution in [0.15, 0.2) is 28.8 Å². The standard InChI is InChI=1S/C21H26FN3O3/c22-18-6-2-1-5-17(18)13-20(26)25-9-3-4-15(14-25)12-19-23-21(24-28-19)16-7-10-27-11-8-16/h1-2,5-6,15-16H,3-4,7-14H2. The Bertz CT molecular complexity index is 804. The van der Waals surface area contributed by atoms with Gasteiger partial charge in [0.1, 0.15) is 5.82 Å². The topological polar surface area (TPSA) is 68.5 Å². The van der Waals surface area contributed by atoms with E-state index in [-0.39, 0.29) is 18.1 Å². The number of ether oxygens (including phenoxy) is 1. The maximum absolute atomic E-state index is 13.8. The molecule has 1 amide bonds. The first-order valence-electron chi connectivity index (χ1n) is 10.1. The van der Waals surface area contributed by atoms with Crippen molar-refractivity contribution in [1.29, 1.82) is 0 Å². The highest BCUT2D eigenvalue weighted by molar-refractivity contribution is 5.78. The molecule has 0 radical (unpaired) electrons. The van der Waals surface area contributed by atoms with Crippen molar-refractivity contribution in [1.82, 2.24) is 15.0 Å². The normalized spacial score (nSPS) is 21.0. The maximum atomic E-state index is 13.8. The Labute approximate surface area is 164 Å². The molecule has 28 heavy (non-hydrogen) atoms. The zero-order valence-electron chi connectivity index (χ0n) is 16.0. The van der Waals surface area contributed by atoms with Crippen molar-refractivity contribution in [2.75, 3.05) is 26.3 Å². The lowest BCUT2D eigenvalue weighted by molar-refractivity contribution is -0.132. The summed E-state index contributed by atoms with van der Waals surface area (Å²) in [4.78, 5) is 19.1. The molecule has 0 aliphatic carbocycles. The highest BCUT2D eigenvalue weighted by Gasteiger charge is 2.27. The number of likely N-dealkylation sites (tertiary alicyclic amines) is 1. The molecule has 2 fully saturated rings. The minimum Gasteiger partial charge on any atom is -0.381 e. The number of aromatic nitrogens is 2. The molecule has 0 spiro atoms. The molecule has 0 bridgehead atoms. The van der Waals surface area contributed by atoms with Crippen molar-refractivity contribution in [3.05, 3.63) is 47.4 Å². The highest BCUT2D eigenvalue weighted by atomic mass is 19.1. The Morgan fingerprint density at radius 3 is 2.86 bits per heavy atom. The van der Waals surface area contributed by atoms with E-state index in [0.717, 1.165) is 51.3 Å². The third-order valence-electron chi connectivity index (χ3n) is 5.70. The molecule has 2 aromatic rings. The Morgan fingerprint density at radius 1 is 1.21 bits per heavy atom. The summed E-state index contributed by atoms with van der Waals surface area (Å²) in [5.74, 6) is 1.69. The van der Waals surface area contributed by atoms with E-state index in [4.69, 9.17) is 9.26 Å². The summed E-state index contributed by atoms with van der Waals surface area (Å²) in [7, 11) is 0. The largest absolute Gasteiger partial charge is 0.381 e. The Balaban J connectivity index is 1.33. The fourth-order valence-electron chi connectivity index (χ4n) is 4.09. The summed E-state index contributed by atoms with van der Waals surface area (Å²) in [6.45, 7) is 2.87. The minimum atomic E-state index is -0.323. The lowest BCUT2D eigenvalue weighted by atomic mass is 9.94. The zero-order valence-corrected chi connectivity index (χ0v) is 16.0. The van der Waals surface area contributed by atoms with Gasteiger partial charge in [0.25, 0.3) is 0 Å². The second-order valence-corrected chi connectivity index (χ2v) is 7.75. The Hall–Kier alpha value is -2.28. The van der Waals surface area contributed by atoms with Gasteiger partial charge in [0.05, 0.1) is 6.42 Å². The SMILES string of the molecule is O=C(Cc1ccccc1F)N1CCCC(Cc2nc(C3CCOCC3)no2)C1. The van der Waals surface area contributed by atoms with Gasteiger partial charge in [-0.25, -0.2) is 4.39 Å². The van der Waals surface area contributed by atoms with Crippen LogP contribution in [0.3, 0.4) is 0 Å². The van der Waals surface area contributed by atoms with Crippen molar-refractivity contribution in [2.24, 2.45) is 5.92 Å². The van der Waals surface area contributed by atoms with Crippen LogP contribution in [0, 0.1) is 11.7 Å². The van der Waals surface area contributed by atoms with Crippen LogP contribution in [0.25, 0.3) is 0 Å². The van der Waals surface area contributed by atoms with Crippen LogP contribution >= 0.6 is 0 Å². The number of hydrogen-bond donors (Lipinski definition) is 0. The number of benzene rings is 1. The Morgan fingerprint density at radius 2 is 2.04 bits per heavy atom. The molecule has 150 valence electrons. The van der Waals surface area contributed by atoms with Gasteiger partial charge in [0, 0.05) is 38.6 Å². The van der Waals surface area contributed by atoms with E-state index in [0.29, 0.717) is 36.3 Å². The molecular weight excluding hydrogens is 361 g/mol. The van der Waals surface area contributed by atoms with Gasteiger partial charge in [0.15, 0.2) is 5.82 Å². The number of halogens is 1. The van der Waals surface area contributed by atoms with Gasteiger partial charge in [-0.1, -0.05) is 23.4 Å². The van der Waals surface area contributed by atoms with Gasteiger partial charge < -0.3 is 14.2 Å². The summed E-state index contributed by atoms with van der Waals surface area (Å²) in [5.41, 5.74) is 0.452. The molecule has 1 unspecified atom stereocenters. The number of amides is 1. The first-order valence-corrected chi connectivity index (χ1v) is 10.1. The van der Waals surface area contributed by atoms with Crippen LogP contribution in [-0.4, -0.2) is 47.3 Å².